The molecule has 2 aromatic rings. The number of carbonyl (C=O) groups is 1. The van der Waals surface area contributed by atoms with Crippen LogP contribution in [0.15, 0.2) is 70.4 Å². The second kappa shape index (κ2) is 8.53. The zero-order valence-electron chi connectivity index (χ0n) is 14.9. The largest absolute Gasteiger partial charge is 0.271 e. The van der Waals surface area contributed by atoms with Gasteiger partial charge in [-0.15, -0.1) is 0 Å². The second-order valence-corrected chi connectivity index (χ2v) is 7.89. The van der Waals surface area contributed by atoms with E-state index >= 15 is 0 Å². The van der Waals surface area contributed by atoms with Crippen LogP contribution < -0.4 is 5.43 Å². The van der Waals surface area contributed by atoms with Crippen LogP contribution in [-0.4, -0.2) is 30.8 Å². The number of allylic oxidation sites excluding steroid dienone is 1. The van der Waals surface area contributed by atoms with Crippen LogP contribution in [-0.2, 0) is 9.84 Å². The Hall–Kier alpha value is -2.80. The van der Waals surface area contributed by atoms with Gasteiger partial charge in [-0.3, -0.25) is 9.78 Å². The van der Waals surface area contributed by atoms with E-state index in [2.05, 4.69) is 15.5 Å². The molecule has 6 nitrogen and oxygen atoms in total. The highest BCUT2D eigenvalue weighted by molar-refractivity contribution is 7.91. The molecule has 7 heteroatoms. The molecule has 1 heterocycles. The number of pyridine rings is 1. The monoisotopic (exact) mass is 371 g/mol. The lowest BCUT2D eigenvalue weighted by molar-refractivity contribution is 0.0954. The fourth-order valence-corrected chi connectivity index (χ4v) is 3.23. The maximum Gasteiger partial charge on any atom is 0.271 e. The van der Waals surface area contributed by atoms with E-state index in [1.807, 2.05) is 6.92 Å². The standard InChI is InChI=1S/C19H21N3O3S/c1-14-4-6-18(7-5-14)26(24,25)13-10-15(2)16(3)21-22-19(23)17-8-11-20-12-9-17/h4-12H,13H2,1-3H3,(H,22,23)/b15-10+,21-16+. The number of nitrogens with one attached hydrogen (secondary N) is 1. The third-order valence-corrected chi connectivity index (χ3v) is 5.42. The van der Waals surface area contributed by atoms with Crippen molar-refractivity contribution in [3.8, 4) is 0 Å². The van der Waals surface area contributed by atoms with Crippen molar-refractivity contribution in [2.45, 2.75) is 25.7 Å². The fourth-order valence-electron chi connectivity index (χ4n) is 2.01. The molecule has 0 atom stereocenters. The van der Waals surface area contributed by atoms with Gasteiger partial charge in [-0.05, 0) is 50.6 Å². The van der Waals surface area contributed by atoms with Gasteiger partial charge >= 0.3 is 0 Å². The highest BCUT2D eigenvalue weighted by atomic mass is 32.2. The lowest BCUT2D eigenvalue weighted by Gasteiger charge is -2.05. The van der Waals surface area contributed by atoms with Gasteiger partial charge in [0.25, 0.3) is 5.91 Å². The van der Waals surface area contributed by atoms with Crippen LogP contribution in [0.1, 0.15) is 29.8 Å². The topological polar surface area (TPSA) is 88.5 Å². The predicted octanol–water partition coefficient (Wildman–Crippen LogP) is 2.92. The highest BCUT2D eigenvalue weighted by Gasteiger charge is 2.13. The first-order chi connectivity index (χ1) is 12.3. The number of hydrogen-bond donors (Lipinski definition) is 1. The van der Waals surface area contributed by atoms with E-state index < -0.39 is 9.84 Å². The van der Waals surface area contributed by atoms with Crippen LogP contribution in [0.2, 0.25) is 0 Å². The van der Waals surface area contributed by atoms with Crippen molar-refractivity contribution in [1.29, 1.82) is 0 Å². The van der Waals surface area contributed by atoms with E-state index in [0.717, 1.165) is 5.56 Å². The molecule has 0 saturated heterocycles. The summed E-state index contributed by atoms with van der Waals surface area (Å²) in [7, 11) is -3.41. The van der Waals surface area contributed by atoms with Crippen LogP contribution in [0.3, 0.4) is 0 Å². The minimum atomic E-state index is -3.41. The molecule has 0 spiro atoms. The Morgan fingerprint density at radius 2 is 1.73 bits per heavy atom. The number of nitrogens with zero attached hydrogens (tertiary/aromatic N) is 2. The Balaban J connectivity index is 2.03. The molecular weight excluding hydrogens is 350 g/mol. The average molecular weight is 371 g/mol. The number of hydrazone groups is 1. The van der Waals surface area contributed by atoms with Crippen LogP contribution in [0.4, 0.5) is 0 Å². The quantitative estimate of drug-likeness (QED) is 0.625. The summed E-state index contributed by atoms with van der Waals surface area (Å²) >= 11 is 0. The minimum Gasteiger partial charge on any atom is -0.267 e. The summed E-state index contributed by atoms with van der Waals surface area (Å²) in [6.07, 6.45) is 4.63. The molecule has 1 N–H and O–H groups in total. The molecule has 136 valence electrons. The van der Waals surface area contributed by atoms with Gasteiger partial charge in [0.1, 0.15) is 0 Å². The summed E-state index contributed by atoms with van der Waals surface area (Å²) in [6, 6.07) is 9.90. The van der Waals surface area contributed by atoms with E-state index in [1.165, 1.54) is 12.4 Å². The molecule has 1 aromatic carbocycles. The van der Waals surface area contributed by atoms with E-state index in [4.69, 9.17) is 0 Å². The van der Waals surface area contributed by atoms with Gasteiger partial charge in [-0.1, -0.05) is 23.8 Å². The van der Waals surface area contributed by atoms with Gasteiger partial charge in [-0.2, -0.15) is 5.10 Å². The summed E-state index contributed by atoms with van der Waals surface area (Å²) in [5.41, 5.74) is 5.10. The van der Waals surface area contributed by atoms with Gasteiger partial charge in [-0.25, -0.2) is 13.8 Å². The lowest BCUT2D eigenvalue weighted by atomic mass is 10.2. The van der Waals surface area contributed by atoms with Gasteiger partial charge in [0.2, 0.25) is 0 Å². The van der Waals surface area contributed by atoms with Gasteiger partial charge in [0.05, 0.1) is 16.4 Å². The Kier molecular flexibility index (Phi) is 6.41. The average Bonchev–Trinajstić information content (AvgIpc) is 2.65. The summed E-state index contributed by atoms with van der Waals surface area (Å²) in [5.74, 6) is -0.487. The van der Waals surface area contributed by atoms with Crippen LogP contribution in [0.25, 0.3) is 0 Å². The van der Waals surface area contributed by atoms with Crippen molar-refractivity contribution in [2.24, 2.45) is 5.10 Å². The molecule has 26 heavy (non-hydrogen) atoms. The van der Waals surface area contributed by atoms with Gasteiger partial charge < -0.3 is 0 Å². The normalized spacial score (nSPS) is 12.7. The Morgan fingerprint density at radius 3 is 2.35 bits per heavy atom. The Bertz CT molecular complexity index is 932. The highest BCUT2D eigenvalue weighted by Crippen LogP contribution is 2.13. The molecule has 0 aliphatic rings. The van der Waals surface area contributed by atoms with E-state index in [-0.39, 0.29) is 16.6 Å². The number of rotatable bonds is 6. The molecule has 1 amide bonds. The third-order valence-electron chi connectivity index (χ3n) is 3.83. The number of aromatic nitrogens is 1. The molecule has 2 rings (SSSR count). The summed E-state index contributed by atoms with van der Waals surface area (Å²) in [5, 5.41) is 4.02. The van der Waals surface area contributed by atoms with E-state index in [0.29, 0.717) is 16.8 Å². The van der Waals surface area contributed by atoms with Crippen LogP contribution in [0, 0.1) is 6.92 Å². The molecule has 0 saturated carbocycles. The molecule has 1 aromatic heterocycles. The minimum absolute atomic E-state index is 0.132. The number of hydrogen-bond acceptors (Lipinski definition) is 5. The first kappa shape index (κ1) is 19.5. The van der Waals surface area contributed by atoms with Crippen molar-refractivity contribution < 1.29 is 13.2 Å². The maximum atomic E-state index is 12.4. The Morgan fingerprint density at radius 1 is 1.12 bits per heavy atom. The summed E-state index contributed by atoms with van der Waals surface area (Å²) in [4.78, 5) is 16.1. The van der Waals surface area contributed by atoms with E-state index in [9.17, 15) is 13.2 Å². The molecule has 0 aliphatic heterocycles. The molecule has 0 unspecified atom stereocenters. The number of benzene rings is 1. The van der Waals surface area contributed by atoms with Gasteiger partial charge in [0.15, 0.2) is 9.84 Å². The predicted molar refractivity (Wildman–Crippen MR) is 102 cm³/mol. The number of sulfone groups is 1. The lowest BCUT2D eigenvalue weighted by Crippen LogP contribution is -2.19. The van der Waals surface area contributed by atoms with Crippen molar-refractivity contribution in [1.82, 2.24) is 10.4 Å². The summed E-state index contributed by atoms with van der Waals surface area (Å²) < 4.78 is 24.7. The molecule has 0 bridgehead atoms. The fraction of sp³-hybridized carbons (Fsp3) is 0.211. The zero-order chi connectivity index (χ0) is 19.2. The van der Waals surface area contributed by atoms with Crippen molar-refractivity contribution >= 4 is 21.5 Å². The molecule has 0 aliphatic carbocycles. The Labute approximate surface area is 153 Å². The van der Waals surface area contributed by atoms with Crippen LogP contribution >= 0.6 is 0 Å². The maximum absolute atomic E-state index is 12.4. The van der Waals surface area contributed by atoms with Crippen molar-refractivity contribution in [3.63, 3.8) is 0 Å². The van der Waals surface area contributed by atoms with Gasteiger partial charge in [0, 0.05) is 18.0 Å². The zero-order valence-corrected chi connectivity index (χ0v) is 15.7. The van der Waals surface area contributed by atoms with Crippen molar-refractivity contribution in [3.05, 3.63) is 71.6 Å². The third kappa shape index (κ3) is 5.35. The molecular formula is C19H21N3O3S. The first-order valence-corrected chi connectivity index (χ1v) is 9.66. The number of carbonyl (C=O) groups excluding carboxylic acids is 1. The molecule has 0 radical (unpaired) electrons. The number of aryl methyl sites for hydroxylation is 1. The SMILES string of the molecule is CC(=C\CS(=O)(=O)c1ccc(C)cc1)/C(C)=N/NC(=O)c1ccncc1. The van der Waals surface area contributed by atoms with E-state index in [1.54, 1.807) is 56.3 Å². The van der Waals surface area contributed by atoms with Crippen molar-refractivity contribution in [2.75, 3.05) is 5.75 Å². The van der Waals surface area contributed by atoms with Crippen LogP contribution in [0.5, 0.6) is 0 Å². The second-order valence-electron chi connectivity index (χ2n) is 5.86. The smallest absolute Gasteiger partial charge is 0.267 e. The number of amides is 1. The summed E-state index contributed by atoms with van der Waals surface area (Å²) in [6.45, 7) is 5.36. The molecule has 0 fully saturated rings. The first-order valence-electron chi connectivity index (χ1n) is 8.01.